The smallest absolute Gasteiger partial charge is 0.0548 e. The predicted molar refractivity (Wildman–Crippen MR) is 161 cm³/mol. The maximum absolute atomic E-state index is 2.42. The van der Waals surface area contributed by atoms with Crippen molar-refractivity contribution in [3.63, 3.8) is 0 Å². The van der Waals surface area contributed by atoms with Crippen LogP contribution in [0.2, 0.25) is 0 Å². The minimum Gasteiger partial charge on any atom is -0.309 e. The van der Waals surface area contributed by atoms with Gasteiger partial charge in [-0.25, -0.2) is 0 Å². The molecule has 0 unspecified atom stereocenters. The Morgan fingerprint density at radius 2 is 0.763 bits per heavy atom. The summed E-state index contributed by atoms with van der Waals surface area (Å²) < 4.78 is 4.82. The fourth-order valence-electron chi connectivity index (χ4n) is 6.00. The van der Waals surface area contributed by atoms with Gasteiger partial charge in [-0.2, -0.15) is 0 Å². The van der Waals surface area contributed by atoms with Gasteiger partial charge in [0, 0.05) is 32.9 Å². The second kappa shape index (κ2) is 8.22. The van der Waals surface area contributed by atoms with Gasteiger partial charge in [-0.1, -0.05) is 97.1 Å². The molecule has 0 radical (unpaired) electrons. The summed E-state index contributed by atoms with van der Waals surface area (Å²) >= 11 is 0. The highest BCUT2D eigenvalue weighted by Gasteiger charge is 2.18. The standard InChI is InChI=1S/C36H24N2/c1-4-12-25(13-5-1)26-20-21-30-32-24-35-31(23-36(32)38(34(30)22-26)28-16-8-3-9-17-28)29-18-10-11-19-33(29)37(35)27-14-6-2-7-15-27/h1-24H. The van der Waals surface area contributed by atoms with Crippen LogP contribution in [-0.4, -0.2) is 9.13 Å². The van der Waals surface area contributed by atoms with Crippen LogP contribution in [0.4, 0.5) is 0 Å². The van der Waals surface area contributed by atoms with Crippen molar-refractivity contribution in [2.24, 2.45) is 0 Å². The zero-order chi connectivity index (χ0) is 25.1. The summed E-state index contributed by atoms with van der Waals surface area (Å²) in [4.78, 5) is 0. The molecule has 0 aliphatic heterocycles. The van der Waals surface area contributed by atoms with E-state index in [1.54, 1.807) is 0 Å². The molecule has 178 valence electrons. The van der Waals surface area contributed by atoms with Crippen molar-refractivity contribution in [3.05, 3.63) is 146 Å². The Labute approximate surface area is 220 Å². The van der Waals surface area contributed by atoms with Gasteiger partial charge < -0.3 is 9.13 Å². The Morgan fingerprint density at radius 1 is 0.289 bits per heavy atom. The van der Waals surface area contributed by atoms with E-state index in [1.807, 2.05) is 0 Å². The molecule has 0 saturated carbocycles. The molecule has 2 heterocycles. The first kappa shape index (κ1) is 21.0. The average Bonchev–Trinajstić information content (AvgIpc) is 3.49. The van der Waals surface area contributed by atoms with Crippen molar-refractivity contribution in [2.45, 2.75) is 0 Å². The van der Waals surface area contributed by atoms with Crippen molar-refractivity contribution in [3.8, 4) is 22.5 Å². The quantitative estimate of drug-likeness (QED) is 0.236. The normalized spacial score (nSPS) is 11.7. The highest BCUT2D eigenvalue weighted by molar-refractivity contribution is 6.19. The van der Waals surface area contributed by atoms with Crippen molar-refractivity contribution < 1.29 is 0 Å². The third-order valence-corrected chi connectivity index (χ3v) is 7.70. The molecule has 8 rings (SSSR count). The Kier molecular flexibility index (Phi) is 4.55. The maximum atomic E-state index is 2.42. The fourth-order valence-corrected chi connectivity index (χ4v) is 6.00. The third kappa shape index (κ3) is 3.07. The summed E-state index contributed by atoms with van der Waals surface area (Å²) in [6.45, 7) is 0. The molecule has 0 bridgehead atoms. The first-order valence-corrected chi connectivity index (χ1v) is 13.0. The van der Waals surface area contributed by atoms with E-state index < -0.39 is 0 Å². The van der Waals surface area contributed by atoms with E-state index in [-0.39, 0.29) is 0 Å². The Morgan fingerprint density at radius 3 is 1.39 bits per heavy atom. The fraction of sp³-hybridized carbons (Fsp3) is 0. The second-order valence-corrected chi connectivity index (χ2v) is 9.84. The number of fused-ring (bicyclic) bond motifs is 6. The van der Waals surface area contributed by atoms with Gasteiger partial charge in [0.1, 0.15) is 0 Å². The van der Waals surface area contributed by atoms with Crippen LogP contribution in [0.3, 0.4) is 0 Å². The molecule has 0 N–H and O–H groups in total. The summed E-state index contributed by atoms with van der Waals surface area (Å²) in [6.07, 6.45) is 0. The summed E-state index contributed by atoms with van der Waals surface area (Å²) in [7, 11) is 0. The van der Waals surface area contributed by atoms with E-state index in [0.717, 1.165) is 0 Å². The van der Waals surface area contributed by atoms with Crippen LogP contribution in [0.1, 0.15) is 0 Å². The zero-order valence-corrected chi connectivity index (χ0v) is 20.8. The minimum absolute atomic E-state index is 1.17. The van der Waals surface area contributed by atoms with Crippen LogP contribution in [0.5, 0.6) is 0 Å². The first-order valence-electron chi connectivity index (χ1n) is 13.0. The van der Waals surface area contributed by atoms with Gasteiger partial charge >= 0.3 is 0 Å². The molecule has 0 amide bonds. The number of hydrogen-bond donors (Lipinski definition) is 0. The molecular formula is C36H24N2. The molecule has 0 saturated heterocycles. The average molecular weight is 485 g/mol. The van der Waals surface area contributed by atoms with E-state index in [0.29, 0.717) is 0 Å². The molecule has 0 aliphatic rings. The van der Waals surface area contributed by atoms with Gasteiger partial charge in [0.15, 0.2) is 0 Å². The molecule has 6 aromatic carbocycles. The van der Waals surface area contributed by atoms with Gasteiger partial charge in [-0.05, 0) is 59.7 Å². The van der Waals surface area contributed by atoms with E-state index in [4.69, 9.17) is 0 Å². The van der Waals surface area contributed by atoms with Crippen molar-refractivity contribution in [2.75, 3.05) is 0 Å². The van der Waals surface area contributed by atoms with E-state index >= 15 is 0 Å². The van der Waals surface area contributed by atoms with Crippen LogP contribution < -0.4 is 0 Å². The number of aromatic nitrogens is 2. The van der Waals surface area contributed by atoms with Gasteiger partial charge in [0.2, 0.25) is 0 Å². The van der Waals surface area contributed by atoms with Crippen LogP contribution in [0, 0.1) is 0 Å². The van der Waals surface area contributed by atoms with Crippen LogP contribution >= 0.6 is 0 Å². The summed E-state index contributed by atoms with van der Waals surface area (Å²) in [5.41, 5.74) is 9.69. The predicted octanol–water partition coefficient (Wildman–Crippen LogP) is 9.55. The second-order valence-electron chi connectivity index (χ2n) is 9.84. The third-order valence-electron chi connectivity index (χ3n) is 7.70. The number of benzene rings is 6. The lowest BCUT2D eigenvalue weighted by atomic mass is 10.0. The summed E-state index contributed by atoms with van der Waals surface area (Å²) in [6, 6.07) is 52.4. The lowest BCUT2D eigenvalue weighted by Crippen LogP contribution is -1.94. The monoisotopic (exact) mass is 484 g/mol. The highest BCUT2D eigenvalue weighted by Crippen LogP contribution is 2.40. The minimum atomic E-state index is 1.17. The molecule has 0 fully saturated rings. The molecule has 2 heteroatoms. The number of rotatable bonds is 3. The van der Waals surface area contributed by atoms with E-state index in [2.05, 4.69) is 155 Å². The maximum Gasteiger partial charge on any atom is 0.0548 e. The molecule has 2 aromatic heterocycles. The topological polar surface area (TPSA) is 9.86 Å². The Hall–Kier alpha value is -5.08. The van der Waals surface area contributed by atoms with E-state index in [1.165, 1.54) is 66.1 Å². The van der Waals surface area contributed by atoms with Crippen LogP contribution in [0.25, 0.3) is 66.1 Å². The van der Waals surface area contributed by atoms with Crippen LogP contribution in [-0.2, 0) is 0 Å². The molecular weight excluding hydrogens is 460 g/mol. The molecule has 38 heavy (non-hydrogen) atoms. The van der Waals surface area contributed by atoms with Gasteiger partial charge in [0.05, 0.1) is 22.1 Å². The van der Waals surface area contributed by atoms with Crippen molar-refractivity contribution in [1.82, 2.24) is 9.13 Å². The highest BCUT2D eigenvalue weighted by atomic mass is 15.0. The summed E-state index contributed by atoms with van der Waals surface area (Å²) in [5, 5.41) is 5.05. The molecule has 8 aromatic rings. The van der Waals surface area contributed by atoms with Crippen LogP contribution in [0.15, 0.2) is 146 Å². The number of para-hydroxylation sites is 3. The Balaban J connectivity index is 1.53. The van der Waals surface area contributed by atoms with Gasteiger partial charge in [-0.15, -0.1) is 0 Å². The lowest BCUT2D eigenvalue weighted by Gasteiger charge is -2.09. The zero-order valence-electron chi connectivity index (χ0n) is 20.8. The largest absolute Gasteiger partial charge is 0.309 e. The van der Waals surface area contributed by atoms with Crippen molar-refractivity contribution >= 4 is 43.6 Å². The molecule has 0 atom stereocenters. The number of nitrogens with zero attached hydrogens (tertiary/aromatic N) is 2. The SMILES string of the molecule is c1ccc(-c2ccc3c4cc5c(cc4n(-c4ccccc4)c3c2)c2ccccc2n5-c2ccccc2)cc1. The Bertz CT molecular complexity index is 2100. The lowest BCUT2D eigenvalue weighted by molar-refractivity contribution is 1.17. The van der Waals surface area contributed by atoms with Gasteiger partial charge in [0.25, 0.3) is 0 Å². The van der Waals surface area contributed by atoms with Crippen molar-refractivity contribution in [1.29, 1.82) is 0 Å². The molecule has 0 aliphatic carbocycles. The first-order chi connectivity index (χ1) is 18.9. The van der Waals surface area contributed by atoms with Gasteiger partial charge in [-0.3, -0.25) is 0 Å². The molecule has 2 nitrogen and oxygen atoms in total. The molecule has 0 spiro atoms. The summed E-state index contributed by atoms with van der Waals surface area (Å²) in [5.74, 6) is 0. The van der Waals surface area contributed by atoms with E-state index in [9.17, 15) is 0 Å². The number of hydrogen-bond acceptors (Lipinski definition) is 0.